The van der Waals surface area contributed by atoms with E-state index in [1.807, 2.05) is 6.07 Å². The number of carbonyl (C=O) groups excluding carboxylic acids is 1. The molecule has 4 heteroatoms. The molecule has 0 aliphatic carbocycles. The molecule has 0 saturated carbocycles. The van der Waals surface area contributed by atoms with Crippen LogP contribution >= 0.6 is 0 Å². The topological polar surface area (TPSA) is 50.1 Å². The second-order valence-electron chi connectivity index (χ2n) is 2.86. The van der Waals surface area contributed by atoms with Crippen molar-refractivity contribution in [2.45, 2.75) is 6.42 Å². The average molecular weight is 217 g/mol. The summed E-state index contributed by atoms with van der Waals surface area (Å²) in [4.78, 5) is 11.2. The number of rotatable bonds is 1. The predicted octanol–water partition coefficient (Wildman–Crippen LogP) is 1.88. The number of esters is 1. The molecule has 0 N–H and O–H groups in total. The maximum atomic E-state index is 13.1. The summed E-state index contributed by atoms with van der Waals surface area (Å²) in [6, 6.07) is 5.52. The van der Waals surface area contributed by atoms with Gasteiger partial charge in [0.15, 0.2) is 0 Å². The van der Waals surface area contributed by atoms with Crippen LogP contribution in [0.1, 0.15) is 22.3 Å². The molecule has 0 radical (unpaired) electrons. The Morgan fingerprint density at radius 2 is 2.25 bits per heavy atom. The minimum absolute atomic E-state index is 0.0596. The number of nitrogens with zero attached hydrogens (tertiary/aromatic N) is 1. The Morgan fingerprint density at radius 3 is 2.88 bits per heavy atom. The van der Waals surface area contributed by atoms with Gasteiger partial charge < -0.3 is 4.74 Å². The van der Waals surface area contributed by atoms with Crippen molar-refractivity contribution < 1.29 is 13.9 Å². The molecule has 80 valence electrons. The Bertz CT molecular complexity index is 506. The molecule has 1 aromatic rings. The number of benzene rings is 1. The van der Waals surface area contributed by atoms with Crippen molar-refractivity contribution in [2.24, 2.45) is 0 Å². The van der Waals surface area contributed by atoms with Crippen LogP contribution in [0.25, 0.3) is 0 Å². The zero-order valence-electron chi connectivity index (χ0n) is 8.58. The lowest BCUT2D eigenvalue weighted by molar-refractivity contribution is 0.0600. The normalized spacial score (nSPS) is 8.56. The zero-order valence-corrected chi connectivity index (χ0v) is 8.58. The first-order chi connectivity index (χ1) is 7.67. The van der Waals surface area contributed by atoms with Gasteiger partial charge in [-0.05, 0) is 18.2 Å². The molecule has 0 spiro atoms. The van der Waals surface area contributed by atoms with Crippen LogP contribution in [0, 0.1) is 29.0 Å². The number of ether oxygens (including phenoxy) is 1. The van der Waals surface area contributed by atoms with Crippen LogP contribution < -0.4 is 0 Å². The lowest BCUT2D eigenvalue weighted by Crippen LogP contribution is -2.02. The first kappa shape index (κ1) is 11.7. The fourth-order valence-corrected chi connectivity index (χ4v) is 1.08. The molecule has 0 aliphatic heterocycles. The molecule has 0 heterocycles. The smallest absolute Gasteiger partial charge is 0.337 e. The van der Waals surface area contributed by atoms with Crippen LogP contribution in [0.4, 0.5) is 4.39 Å². The molecule has 0 aliphatic rings. The van der Waals surface area contributed by atoms with E-state index in [1.54, 1.807) is 0 Å². The number of nitriles is 1. The lowest BCUT2D eigenvalue weighted by Gasteiger charge is -2.00. The van der Waals surface area contributed by atoms with Crippen LogP contribution in [-0.2, 0) is 4.74 Å². The summed E-state index contributed by atoms with van der Waals surface area (Å²) in [5, 5.41) is 8.28. The fraction of sp³-hybridized carbons (Fsp3) is 0.167. The number of methoxy groups -OCH3 is 1. The quantitative estimate of drug-likeness (QED) is 0.533. The Hall–Kier alpha value is -2.33. The van der Waals surface area contributed by atoms with Gasteiger partial charge in [0.25, 0.3) is 0 Å². The highest BCUT2D eigenvalue weighted by Crippen LogP contribution is 2.09. The largest absolute Gasteiger partial charge is 0.465 e. The number of halogens is 1. The third-order valence-corrected chi connectivity index (χ3v) is 1.72. The summed E-state index contributed by atoms with van der Waals surface area (Å²) in [6.07, 6.45) is 0.0596. The lowest BCUT2D eigenvalue weighted by atomic mass is 10.1. The van der Waals surface area contributed by atoms with Crippen LogP contribution in [0.2, 0.25) is 0 Å². The van der Waals surface area contributed by atoms with Crippen molar-refractivity contribution in [3.8, 4) is 17.9 Å². The average Bonchev–Trinajstić information content (AvgIpc) is 2.27. The van der Waals surface area contributed by atoms with Crippen molar-refractivity contribution in [3.63, 3.8) is 0 Å². The summed E-state index contributed by atoms with van der Waals surface area (Å²) < 4.78 is 17.6. The van der Waals surface area contributed by atoms with Gasteiger partial charge in [-0.15, -0.1) is 0 Å². The molecule has 0 atom stereocenters. The Balaban J connectivity index is 3.06. The molecule has 3 nitrogen and oxygen atoms in total. The second kappa shape index (κ2) is 5.53. The van der Waals surface area contributed by atoms with Gasteiger partial charge in [-0.3, -0.25) is 0 Å². The van der Waals surface area contributed by atoms with E-state index >= 15 is 0 Å². The molecular weight excluding hydrogens is 209 g/mol. The summed E-state index contributed by atoms with van der Waals surface area (Å²) in [6.45, 7) is 0. The van der Waals surface area contributed by atoms with E-state index in [2.05, 4.69) is 16.6 Å². The minimum Gasteiger partial charge on any atom is -0.465 e. The van der Waals surface area contributed by atoms with Gasteiger partial charge in [-0.1, -0.05) is 11.8 Å². The van der Waals surface area contributed by atoms with E-state index in [9.17, 15) is 9.18 Å². The monoisotopic (exact) mass is 217 g/mol. The third kappa shape index (κ3) is 3.11. The van der Waals surface area contributed by atoms with E-state index < -0.39 is 11.8 Å². The van der Waals surface area contributed by atoms with Gasteiger partial charge >= 0.3 is 5.97 Å². The van der Waals surface area contributed by atoms with Crippen molar-refractivity contribution in [3.05, 3.63) is 35.1 Å². The number of carbonyl (C=O) groups is 1. The van der Waals surface area contributed by atoms with Gasteiger partial charge in [0.05, 0.1) is 25.2 Å². The third-order valence-electron chi connectivity index (χ3n) is 1.72. The molecule has 0 bridgehead atoms. The van der Waals surface area contributed by atoms with Gasteiger partial charge in [0.1, 0.15) is 5.82 Å². The maximum absolute atomic E-state index is 13.1. The minimum atomic E-state index is -0.622. The van der Waals surface area contributed by atoms with Gasteiger partial charge in [0, 0.05) is 5.56 Å². The van der Waals surface area contributed by atoms with Crippen LogP contribution in [0.3, 0.4) is 0 Å². The van der Waals surface area contributed by atoms with E-state index in [0.717, 1.165) is 6.07 Å². The van der Waals surface area contributed by atoms with Crippen LogP contribution in [0.5, 0.6) is 0 Å². The van der Waals surface area contributed by atoms with E-state index in [0.29, 0.717) is 5.56 Å². The van der Waals surface area contributed by atoms with Crippen LogP contribution in [-0.4, -0.2) is 13.1 Å². The Morgan fingerprint density at radius 1 is 1.50 bits per heavy atom. The van der Waals surface area contributed by atoms with Gasteiger partial charge in [-0.25, -0.2) is 9.18 Å². The SMILES string of the molecule is COC(=O)c1cc(F)cc(C#CCC#N)c1. The molecule has 0 fully saturated rings. The summed E-state index contributed by atoms with van der Waals surface area (Å²) in [5.41, 5.74) is 0.444. The molecule has 16 heavy (non-hydrogen) atoms. The highest BCUT2D eigenvalue weighted by molar-refractivity contribution is 5.89. The maximum Gasteiger partial charge on any atom is 0.337 e. The summed E-state index contributed by atoms with van der Waals surface area (Å²) >= 11 is 0. The van der Waals surface area contributed by atoms with E-state index in [-0.39, 0.29) is 12.0 Å². The van der Waals surface area contributed by atoms with Crippen LogP contribution in [0.15, 0.2) is 18.2 Å². The van der Waals surface area contributed by atoms with Gasteiger partial charge in [0.2, 0.25) is 0 Å². The Labute approximate surface area is 92.5 Å². The molecule has 0 saturated heterocycles. The standard InChI is InChI=1S/C12H8FNO2/c1-16-12(15)10-6-9(4-2-3-5-14)7-11(13)8-10/h6-8H,3H2,1H3. The summed E-state index contributed by atoms with van der Waals surface area (Å²) in [5.74, 6) is 3.93. The summed E-state index contributed by atoms with van der Waals surface area (Å²) in [7, 11) is 1.22. The fourth-order valence-electron chi connectivity index (χ4n) is 1.08. The molecule has 0 unspecified atom stereocenters. The second-order valence-corrected chi connectivity index (χ2v) is 2.86. The zero-order chi connectivity index (χ0) is 12.0. The highest BCUT2D eigenvalue weighted by Gasteiger charge is 2.07. The predicted molar refractivity (Wildman–Crippen MR) is 54.8 cm³/mol. The van der Waals surface area contributed by atoms with E-state index in [4.69, 9.17) is 5.26 Å². The molecule has 1 rings (SSSR count). The number of hydrogen-bond acceptors (Lipinski definition) is 3. The van der Waals surface area contributed by atoms with Crippen molar-refractivity contribution >= 4 is 5.97 Å². The highest BCUT2D eigenvalue weighted by atomic mass is 19.1. The molecular formula is C12H8FNO2. The van der Waals surface area contributed by atoms with Crippen molar-refractivity contribution in [2.75, 3.05) is 7.11 Å². The molecule has 1 aromatic carbocycles. The van der Waals surface area contributed by atoms with Crippen molar-refractivity contribution in [1.82, 2.24) is 0 Å². The van der Waals surface area contributed by atoms with E-state index in [1.165, 1.54) is 19.2 Å². The molecule has 0 aromatic heterocycles. The van der Waals surface area contributed by atoms with Gasteiger partial charge in [-0.2, -0.15) is 5.26 Å². The first-order valence-electron chi connectivity index (χ1n) is 4.42. The first-order valence-corrected chi connectivity index (χ1v) is 4.42. The number of hydrogen-bond donors (Lipinski definition) is 0. The van der Waals surface area contributed by atoms with Crippen molar-refractivity contribution in [1.29, 1.82) is 5.26 Å². The molecule has 0 amide bonds. The Kier molecular flexibility index (Phi) is 4.06.